The zero-order chi connectivity index (χ0) is 15.2. The lowest BCUT2D eigenvalue weighted by Gasteiger charge is -2.31. The van der Waals surface area contributed by atoms with Crippen LogP contribution >= 0.6 is 31.9 Å². The first kappa shape index (κ1) is 16.0. The Balaban J connectivity index is 1.99. The Morgan fingerprint density at radius 2 is 1.81 bits per heavy atom. The first-order valence-electron chi connectivity index (χ1n) is 7.39. The number of aryl methyl sites for hydroxylation is 1. The van der Waals surface area contributed by atoms with Crippen LogP contribution in [0.3, 0.4) is 0 Å². The molecule has 0 radical (unpaired) electrons. The molecule has 3 rings (SSSR count). The second-order valence-electron chi connectivity index (χ2n) is 6.05. The van der Waals surface area contributed by atoms with Crippen molar-refractivity contribution < 1.29 is 8.42 Å². The van der Waals surface area contributed by atoms with Crippen molar-refractivity contribution in [2.45, 2.75) is 50.0 Å². The average molecular weight is 437 g/mol. The van der Waals surface area contributed by atoms with Crippen molar-refractivity contribution in [1.29, 1.82) is 0 Å². The fraction of sp³-hybridized carbons (Fsp3) is 0.600. The van der Waals surface area contributed by atoms with Gasteiger partial charge in [0.25, 0.3) is 0 Å². The maximum Gasteiger partial charge on any atom is 0.244 e. The van der Waals surface area contributed by atoms with Gasteiger partial charge in [0.15, 0.2) is 0 Å². The van der Waals surface area contributed by atoms with Gasteiger partial charge in [-0.25, -0.2) is 8.42 Å². The van der Waals surface area contributed by atoms with E-state index in [4.69, 9.17) is 0 Å². The molecule has 2 atom stereocenters. The van der Waals surface area contributed by atoms with Gasteiger partial charge < -0.3 is 0 Å². The molecular formula is C15H19Br2NO2S. The number of hydrogen-bond donors (Lipinski definition) is 0. The Hall–Kier alpha value is 0.0900. The highest BCUT2D eigenvalue weighted by molar-refractivity contribution is 9.11. The number of halogens is 2. The molecule has 1 aromatic carbocycles. The normalized spacial score (nSPS) is 26.8. The second kappa shape index (κ2) is 5.95. The standard InChI is InChI=1S/C15H19Br2NO2S/c1-10-8-13(17)15(9-12(10)16)21(19,20)18-7-6-11-4-2-3-5-14(11)18/h8-9,11,14H,2-7H2,1H3. The van der Waals surface area contributed by atoms with Crippen LogP contribution in [0, 0.1) is 12.8 Å². The van der Waals surface area contributed by atoms with Crippen LogP contribution in [0.4, 0.5) is 0 Å². The molecule has 2 fully saturated rings. The minimum absolute atomic E-state index is 0.204. The molecule has 0 N–H and O–H groups in total. The lowest BCUT2D eigenvalue weighted by Crippen LogP contribution is -2.39. The van der Waals surface area contributed by atoms with E-state index in [0.29, 0.717) is 21.8 Å². The third kappa shape index (κ3) is 2.84. The SMILES string of the molecule is Cc1cc(Br)c(S(=O)(=O)N2CCC3CCCCC32)cc1Br. The fourth-order valence-corrected chi connectivity index (χ4v) is 6.98. The van der Waals surface area contributed by atoms with Crippen molar-refractivity contribution in [3.8, 4) is 0 Å². The van der Waals surface area contributed by atoms with Crippen molar-refractivity contribution in [3.63, 3.8) is 0 Å². The second-order valence-corrected chi connectivity index (χ2v) is 9.62. The molecule has 0 spiro atoms. The third-order valence-corrected chi connectivity index (χ3v) is 8.50. The molecule has 1 saturated carbocycles. The lowest BCUT2D eigenvalue weighted by atomic mass is 9.86. The van der Waals surface area contributed by atoms with E-state index in [-0.39, 0.29) is 6.04 Å². The number of hydrogen-bond acceptors (Lipinski definition) is 2. The van der Waals surface area contributed by atoms with E-state index in [0.717, 1.165) is 29.3 Å². The molecule has 21 heavy (non-hydrogen) atoms. The molecule has 1 saturated heterocycles. The van der Waals surface area contributed by atoms with Crippen LogP contribution in [0.25, 0.3) is 0 Å². The van der Waals surface area contributed by atoms with Gasteiger partial charge in [-0.1, -0.05) is 28.8 Å². The molecule has 6 heteroatoms. The molecule has 0 amide bonds. The Bertz CT molecular complexity index is 660. The molecule has 2 unspecified atom stereocenters. The predicted molar refractivity (Wildman–Crippen MR) is 90.8 cm³/mol. The van der Waals surface area contributed by atoms with Crippen LogP contribution in [0.5, 0.6) is 0 Å². The van der Waals surface area contributed by atoms with E-state index >= 15 is 0 Å². The van der Waals surface area contributed by atoms with Crippen molar-refractivity contribution in [2.75, 3.05) is 6.54 Å². The number of rotatable bonds is 2. The van der Waals surface area contributed by atoms with Crippen LogP contribution in [-0.4, -0.2) is 25.3 Å². The fourth-order valence-electron chi connectivity index (χ4n) is 3.61. The predicted octanol–water partition coefficient (Wildman–Crippen LogP) is 4.47. The molecule has 3 nitrogen and oxygen atoms in total. The molecular weight excluding hydrogens is 418 g/mol. The van der Waals surface area contributed by atoms with Crippen LogP contribution in [0.2, 0.25) is 0 Å². The average Bonchev–Trinajstić information content (AvgIpc) is 2.87. The quantitative estimate of drug-likeness (QED) is 0.685. The molecule has 2 aliphatic rings. The maximum absolute atomic E-state index is 13.0. The zero-order valence-corrected chi connectivity index (χ0v) is 16.0. The van der Waals surface area contributed by atoms with Gasteiger partial charge in [0.1, 0.15) is 0 Å². The Morgan fingerprint density at radius 3 is 2.57 bits per heavy atom. The van der Waals surface area contributed by atoms with Crippen LogP contribution in [0.1, 0.15) is 37.7 Å². The van der Waals surface area contributed by atoms with Crippen molar-refractivity contribution >= 4 is 41.9 Å². The smallest absolute Gasteiger partial charge is 0.207 e. The van der Waals surface area contributed by atoms with E-state index in [1.807, 2.05) is 13.0 Å². The van der Waals surface area contributed by atoms with Gasteiger partial charge in [0.05, 0.1) is 4.90 Å². The van der Waals surface area contributed by atoms with E-state index < -0.39 is 10.0 Å². The summed E-state index contributed by atoms with van der Waals surface area (Å²) >= 11 is 6.87. The maximum atomic E-state index is 13.0. The Kier molecular flexibility index (Phi) is 4.52. The van der Waals surface area contributed by atoms with Crippen molar-refractivity contribution in [2.24, 2.45) is 5.92 Å². The molecule has 1 aromatic rings. The molecule has 1 heterocycles. The molecule has 0 bridgehead atoms. The summed E-state index contributed by atoms with van der Waals surface area (Å²) in [5.41, 5.74) is 1.03. The summed E-state index contributed by atoms with van der Waals surface area (Å²) in [4.78, 5) is 0.381. The Labute approximate surface area is 143 Å². The monoisotopic (exact) mass is 435 g/mol. The minimum atomic E-state index is -3.42. The van der Waals surface area contributed by atoms with Gasteiger partial charge in [0.2, 0.25) is 10.0 Å². The summed E-state index contributed by atoms with van der Waals surface area (Å²) in [6, 6.07) is 3.80. The van der Waals surface area contributed by atoms with Crippen molar-refractivity contribution in [1.82, 2.24) is 4.31 Å². The summed E-state index contributed by atoms with van der Waals surface area (Å²) < 4.78 is 29.3. The number of benzene rings is 1. The molecule has 1 aliphatic heterocycles. The van der Waals surface area contributed by atoms with Gasteiger partial charge in [-0.3, -0.25) is 0 Å². The molecule has 1 aliphatic carbocycles. The summed E-state index contributed by atoms with van der Waals surface area (Å²) in [5, 5.41) is 0. The summed E-state index contributed by atoms with van der Waals surface area (Å²) in [7, 11) is -3.42. The van der Waals surface area contributed by atoms with E-state index in [2.05, 4.69) is 31.9 Å². The zero-order valence-electron chi connectivity index (χ0n) is 12.0. The number of nitrogens with zero attached hydrogens (tertiary/aromatic N) is 1. The van der Waals surface area contributed by atoms with E-state index in [1.165, 1.54) is 12.8 Å². The van der Waals surface area contributed by atoms with Gasteiger partial charge in [-0.15, -0.1) is 0 Å². The number of sulfonamides is 1. The largest absolute Gasteiger partial charge is 0.244 e. The van der Waals surface area contributed by atoms with Gasteiger partial charge in [0, 0.05) is 21.5 Å². The first-order valence-corrected chi connectivity index (χ1v) is 10.4. The summed E-state index contributed by atoms with van der Waals surface area (Å²) in [5.74, 6) is 0.557. The molecule has 116 valence electrons. The van der Waals surface area contributed by atoms with Gasteiger partial charge in [-0.05, 0) is 65.7 Å². The highest BCUT2D eigenvalue weighted by atomic mass is 79.9. The van der Waals surface area contributed by atoms with Crippen LogP contribution in [0.15, 0.2) is 26.0 Å². The van der Waals surface area contributed by atoms with Crippen LogP contribution < -0.4 is 0 Å². The van der Waals surface area contributed by atoms with E-state index in [9.17, 15) is 8.42 Å². The highest BCUT2D eigenvalue weighted by Gasteiger charge is 2.42. The summed E-state index contributed by atoms with van der Waals surface area (Å²) in [6.07, 6.45) is 5.58. The van der Waals surface area contributed by atoms with E-state index in [1.54, 1.807) is 10.4 Å². The van der Waals surface area contributed by atoms with Crippen molar-refractivity contribution in [3.05, 3.63) is 26.6 Å². The topological polar surface area (TPSA) is 37.4 Å². The third-order valence-electron chi connectivity index (χ3n) is 4.76. The Morgan fingerprint density at radius 1 is 1.10 bits per heavy atom. The van der Waals surface area contributed by atoms with Gasteiger partial charge >= 0.3 is 0 Å². The lowest BCUT2D eigenvalue weighted by molar-refractivity contribution is 0.260. The summed E-state index contributed by atoms with van der Waals surface area (Å²) in [6.45, 7) is 2.62. The van der Waals surface area contributed by atoms with Crippen LogP contribution in [-0.2, 0) is 10.0 Å². The highest BCUT2D eigenvalue weighted by Crippen LogP contribution is 2.40. The minimum Gasteiger partial charge on any atom is -0.207 e. The molecule has 0 aromatic heterocycles. The first-order chi connectivity index (χ1) is 9.91. The van der Waals surface area contributed by atoms with Gasteiger partial charge in [-0.2, -0.15) is 4.31 Å². The number of fused-ring (bicyclic) bond motifs is 1.